The van der Waals surface area contributed by atoms with Gasteiger partial charge >= 0.3 is 0 Å². The molecule has 1 aliphatic rings. The van der Waals surface area contributed by atoms with E-state index in [1.54, 1.807) is 14.2 Å². The zero-order valence-electron chi connectivity index (χ0n) is 14.7. The predicted molar refractivity (Wildman–Crippen MR) is 97.0 cm³/mol. The fraction of sp³-hybridized carbons (Fsp3) is 0.400. The molecule has 128 valence electrons. The maximum absolute atomic E-state index is 5.68. The molecule has 2 aromatic rings. The Morgan fingerprint density at radius 3 is 2.04 bits per heavy atom. The zero-order chi connectivity index (χ0) is 16.9. The van der Waals surface area contributed by atoms with Crippen LogP contribution in [0.2, 0.25) is 0 Å². The van der Waals surface area contributed by atoms with Crippen LogP contribution in [-0.4, -0.2) is 45.3 Å². The van der Waals surface area contributed by atoms with Crippen LogP contribution in [0, 0.1) is 6.92 Å². The molecule has 0 aliphatic carbocycles. The van der Waals surface area contributed by atoms with Gasteiger partial charge in [0.05, 0.1) is 25.8 Å². The number of nitrogens with zero attached hydrogens (tertiary/aromatic N) is 1. The summed E-state index contributed by atoms with van der Waals surface area (Å²) < 4.78 is 11.4. The summed E-state index contributed by atoms with van der Waals surface area (Å²) in [6.07, 6.45) is 0. The number of aryl methyl sites for hydroxylation is 1. The van der Waals surface area contributed by atoms with Crippen molar-refractivity contribution in [2.24, 2.45) is 0 Å². The number of piperazine rings is 1. The molecule has 1 aliphatic heterocycles. The lowest BCUT2D eigenvalue weighted by molar-refractivity contribution is 0.192. The summed E-state index contributed by atoms with van der Waals surface area (Å²) in [4.78, 5) is 2.50. The molecule has 1 N–H and O–H groups in total. The lowest BCUT2D eigenvalue weighted by Crippen LogP contribution is -2.45. The first-order chi connectivity index (χ1) is 11.7. The molecule has 1 saturated heterocycles. The van der Waals surface area contributed by atoms with Crippen molar-refractivity contribution in [1.29, 1.82) is 0 Å². The van der Waals surface area contributed by atoms with E-state index in [4.69, 9.17) is 9.47 Å². The summed E-state index contributed by atoms with van der Waals surface area (Å²) >= 11 is 0. The van der Waals surface area contributed by atoms with Crippen LogP contribution in [0.25, 0.3) is 0 Å². The summed E-state index contributed by atoms with van der Waals surface area (Å²) in [5.41, 5.74) is 3.64. The number of benzene rings is 2. The van der Waals surface area contributed by atoms with Gasteiger partial charge in [0.15, 0.2) is 0 Å². The van der Waals surface area contributed by atoms with Crippen molar-refractivity contribution < 1.29 is 9.47 Å². The van der Waals surface area contributed by atoms with Gasteiger partial charge in [0.25, 0.3) is 0 Å². The maximum Gasteiger partial charge on any atom is 0.127 e. The largest absolute Gasteiger partial charge is 0.496 e. The molecule has 1 unspecified atom stereocenters. The Morgan fingerprint density at radius 2 is 1.50 bits per heavy atom. The predicted octanol–water partition coefficient (Wildman–Crippen LogP) is 3.01. The average molecular weight is 326 g/mol. The van der Waals surface area contributed by atoms with Crippen molar-refractivity contribution >= 4 is 0 Å². The molecule has 0 spiro atoms. The zero-order valence-corrected chi connectivity index (χ0v) is 14.7. The third-order valence-corrected chi connectivity index (χ3v) is 4.65. The Labute approximate surface area is 144 Å². The van der Waals surface area contributed by atoms with E-state index in [1.807, 2.05) is 18.2 Å². The van der Waals surface area contributed by atoms with E-state index >= 15 is 0 Å². The van der Waals surface area contributed by atoms with Crippen molar-refractivity contribution in [1.82, 2.24) is 10.2 Å². The van der Waals surface area contributed by atoms with Gasteiger partial charge < -0.3 is 14.8 Å². The van der Waals surface area contributed by atoms with Gasteiger partial charge in [0.2, 0.25) is 0 Å². The summed E-state index contributed by atoms with van der Waals surface area (Å²) in [5, 5.41) is 3.43. The van der Waals surface area contributed by atoms with Gasteiger partial charge in [-0.2, -0.15) is 0 Å². The topological polar surface area (TPSA) is 33.7 Å². The van der Waals surface area contributed by atoms with Crippen molar-refractivity contribution in [2.75, 3.05) is 40.4 Å². The van der Waals surface area contributed by atoms with Gasteiger partial charge in [-0.1, -0.05) is 35.9 Å². The molecule has 1 atom stereocenters. The first-order valence-electron chi connectivity index (χ1n) is 8.47. The highest BCUT2D eigenvalue weighted by molar-refractivity contribution is 5.51. The Balaban J connectivity index is 2.12. The van der Waals surface area contributed by atoms with Gasteiger partial charge in [0, 0.05) is 26.2 Å². The van der Waals surface area contributed by atoms with Crippen LogP contribution in [0.5, 0.6) is 11.5 Å². The number of rotatable bonds is 5. The highest BCUT2D eigenvalue weighted by atomic mass is 16.5. The minimum atomic E-state index is 0.124. The smallest absolute Gasteiger partial charge is 0.127 e. The lowest BCUT2D eigenvalue weighted by atomic mass is 9.94. The molecule has 0 aromatic heterocycles. The average Bonchev–Trinajstić information content (AvgIpc) is 2.64. The molecule has 4 nitrogen and oxygen atoms in total. The highest BCUT2D eigenvalue weighted by Gasteiger charge is 2.29. The van der Waals surface area contributed by atoms with Crippen molar-refractivity contribution in [3.63, 3.8) is 0 Å². The van der Waals surface area contributed by atoms with Crippen LogP contribution in [0.15, 0.2) is 42.5 Å². The van der Waals surface area contributed by atoms with E-state index in [0.29, 0.717) is 0 Å². The molecule has 1 heterocycles. The Morgan fingerprint density at radius 1 is 0.917 bits per heavy atom. The Bertz CT molecular complexity index is 642. The molecule has 24 heavy (non-hydrogen) atoms. The van der Waals surface area contributed by atoms with E-state index < -0.39 is 0 Å². The number of hydrogen-bond acceptors (Lipinski definition) is 4. The third-order valence-electron chi connectivity index (χ3n) is 4.65. The van der Waals surface area contributed by atoms with Crippen LogP contribution in [-0.2, 0) is 0 Å². The van der Waals surface area contributed by atoms with E-state index in [-0.39, 0.29) is 6.04 Å². The molecule has 0 amide bonds. The summed E-state index contributed by atoms with van der Waals surface area (Å²) in [5.74, 6) is 1.75. The van der Waals surface area contributed by atoms with E-state index in [9.17, 15) is 0 Å². The lowest BCUT2D eigenvalue weighted by Gasteiger charge is -2.36. The van der Waals surface area contributed by atoms with Crippen LogP contribution in [0.4, 0.5) is 0 Å². The molecule has 0 radical (unpaired) electrons. The molecule has 4 heteroatoms. The van der Waals surface area contributed by atoms with Gasteiger partial charge in [0.1, 0.15) is 11.5 Å². The van der Waals surface area contributed by atoms with Crippen LogP contribution in [0.1, 0.15) is 22.7 Å². The fourth-order valence-electron chi connectivity index (χ4n) is 3.40. The van der Waals surface area contributed by atoms with E-state index in [1.165, 1.54) is 11.1 Å². The van der Waals surface area contributed by atoms with Gasteiger partial charge in [-0.05, 0) is 24.6 Å². The molecule has 0 saturated carbocycles. The van der Waals surface area contributed by atoms with Crippen LogP contribution >= 0.6 is 0 Å². The highest BCUT2D eigenvalue weighted by Crippen LogP contribution is 2.40. The molecule has 3 rings (SSSR count). The molecule has 0 bridgehead atoms. The van der Waals surface area contributed by atoms with E-state index in [2.05, 4.69) is 41.4 Å². The Hall–Kier alpha value is -2.04. The fourth-order valence-corrected chi connectivity index (χ4v) is 3.40. The minimum absolute atomic E-state index is 0.124. The van der Waals surface area contributed by atoms with Crippen LogP contribution in [0.3, 0.4) is 0 Å². The van der Waals surface area contributed by atoms with Crippen LogP contribution < -0.4 is 14.8 Å². The number of methoxy groups -OCH3 is 2. The monoisotopic (exact) mass is 326 g/mol. The molecule has 2 aromatic carbocycles. The van der Waals surface area contributed by atoms with E-state index in [0.717, 1.165) is 43.2 Å². The summed E-state index contributed by atoms with van der Waals surface area (Å²) in [7, 11) is 3.45. The maximum atomic E-state index is 5.68. The first-order valence-corrected chi connectivity index (χ1v) is 8.47. The molecular weight excluding hydrogens is 300 g/mol. The first kappa shape index (κ1) is 16.8. The second-order valence-electron chi connectivity index (χ2n) is 6.18. The minimum Gasteiger partial charge on any atom is -0.496 e. The second-order valence-corrected chi connectivity index (χ2v) is 6.18. The number of ether oxygens (including phenoxy) is 2. The van der Waals surface area contributed by atoms with Gasteiger partial charge in [-0.15, -0.1) is 0 Å². The van der Waals surface area contributed by atoms with Gasteiger partial charge in [-0.25, -0.2) is 0 Å². The number of nitrogens with one attached hydrogen (secondary N) is 1. The molecular formula is C20H26N2O2. The Kier molecular flexibility index (Phi) is 5.38. The van der Waals surface area contributed by atoms with Crippen molar-refractivity contribution in [3.8, 4) is 11.5 Å². The van der Waals surface area contributed by atoms with Crippen molar-refractivity contribution in [2.45, 2.75) is 13.0 Å². The normalized spacial score (nSPS) is 16.6. The third kappa shape index (κ3) is 3.40. The second kappa shape index (κ2) is 7.69. The summed E-state index contributed by atoms with van der Waals surface area (Å²) in [6, 6.07) is 14.9. The summed E-state index contributed by atoms with van der Waals surface area (Å²) in [6.45, 7) is 6.12. The van der Waals surface area contributed by atoms with Gasteiger partial charge in [-0.3, -0.25) is 4.90 Å². The quantitative estimate of drug-likeness (QED) is 0.916. The van der Waals surface area contributed by atoms with Crippen molar-refractivity contribution in [3.05, 3.63) is 59.2 Å². The molecule has 1 fully saturated rings. The standard InChI is InChI=1S/C20H26N2O2/c1-15-7-9-16(10-8-15)20(22-13-11-21-12-14-22)19-17(23-2)5-4-6-18(19)24-3/h4-10,20-21H,11-14H2,1-3H3. The SMILES string of the molecule is COc1cccc(OC)c1C(c1ccc(C)cc1)N1CCNCC1. The number of hydrogen-bond donors (Lipinski definition) is 1.